The highest BCUT2D eigenvalue weighted by Gasteiger charge is 2.21. The van der Waals surface area contributed by atoms with Crippen LogP contribution in [0.3, 0.4) is 0 Å². The number of halogens is 3. The van der Waals surface area contributed by atoms with Crippen molar-refractivity contribution in [3.05, 3.63) is 28.5 Å². The Balaban J connectivity index is 3.14. The van der Waals surface area contributed by atoms with E-state index in [2.05, 4.69) is 0 Å². The predicted molar refractivity (Wildman–Crippen MR) is 66.4 cm³/mol. The van der Waals surface area contributed by atoms with Gasteiger partial charge in [0.05, 0.1) is 23.0 Å². The second-order valence-corrected chi connectivity index (χ2v) is 5.80. The fourth-order valence-electron chi connectivity index (χ4n) is 1.26. The highest BCUT2D eigenvalue weighted by molar-refractivity contribution is 7.92. The van der Waals surface area contributed by atoms with E-state index in [0.29, 0.717) is 0 Å². The SMILES string of the molecule is O=C(O)c1ccc(Cl)c(NS(=O)(=O)CCCF)c1F. The topological polar surface area (TPSA) is 83.5 Å². The van der Waals surface area contributed by atoms with Gasteiger partial charge in [0.1, 0.15) is 5.69 Å². The predicted octanol–water partition coefficient (Wildman–Crippen LogP) is 2.28. The molecule has 19 heavy (non-hydrogen) atoms. The molecule has 0 saturated heterocycles. The summed E-state index contributed by atoms with van der Waals surface area (Å²) in [7, 11) is -3.99. The standard InChI is InChI=1S/C10H10ClF2NO4S/c11-7-3-2-6(10(15)16)8(13)9(7)14-19(17,18)5-1-4-12/h2-3,14H,1,4-5H2,(H,15,16). The molecule has 0 amide bonds. The smallest absolute Gasteiger partial charge is 0.338 e. The van der Waals surface area contributed by atoms with E-state index in [4.69, 9.17) is 16.7 Å². The molecule has 0 spiro atoms. The average Bonchev–Trinajstić information content (AvgIpc) is 2.31. The molecule has 0 unspecified atom stereocenters. The van der Waals surface area contributed by atoms with Crippen molar-refractivity contribution in [1.29, 1.82) is 0 Å². The summed E-state index contributed by atoms with van der Waals surface area (Å²) >= 11 is 5.61. The minimum Gasteiger partial charge on any atom is -0.478 e. The Morgan fingerprint density at radius 3 is 2.58 bits per heavy atom. The molecule has 0 aliphatic heterocycles. The van der Waals surface area contributed by atoms with Crippen molar-refractivity contribution in [1.82, 2.24) is 0 Å². The van der Waals surface area contributed by atoms with Crippen LogP contribution in [0.5, 0.6) is 0 Å². The highest BCUT2D eigenvalue weighted by Crippen LogP contribution is 2.28. The third kappa shape index (κ3) is 4.03. The van der Waals surface area contributed by atoms with Crippen molar-refractivity contribution in [2.75, 3.05) is 17.1 Å². The van der Waals surface area contributed by atoms with E-state index in [9.17, 15) is 22.0 Å². The molecular weight excluding hydrogens is 304 g/mol. The monoisotopic (exact) mass is 313 g/mol. The Morgan fingerprint density at radius 2 is 2.05 bits per heavy atom. The maximum atomic E-state index is 13.8. The second-order valence-electron chi connectivity index (χ2n) is 3.55. The highest BCUT2D eigenvalue weighted by atomic mass is 35.5. The van der Waals surface area contributed by atoms with Crippen LogP contribution in [0.4, 0.5) is 14.5 Å². The number of carbonyl (C=O) groups is 1. The molecule has 1 aromatic rings. The molecule has 0 fully saturated rings. The number of nitrogens with one attached hydrogen (secondary N) is 1. The van der Waals surface area contributed by atoms with E-state index in [1.807, 2.05) is 4.72 Å². The van der Waals surface area contributed by atoms with Crippen molar-refractivity contribution in [3.63, 3.8) is 0 Å². The summed E-state index contributed by atoms with van der Waals surface area (Å²) in [5, 5.41) is 8.43. The van der Waals surface area contributed by atoms with Crippen LogP contribution in [0.1, 0.15) is 16.8 Å². The number of hydrogen-bond donors (Lipinski definition) is 2. The van der Waals surface area contributed by atoms with E-state index in [1.165, 1.54) is 0 Å². The number of carboxylic acids is 1. The van der Waals surface area contributed by atoms with E-state index in [0.717, 1.165) is 12.1 Å². The first-order valence-electron chi connectivity index (χ1n) is 5.06. The molecule has 0 bridgehead atoms. The largest absolute Gasteiger partial charge is 0.478 e. The Kier molecular flexibility index (Phi) is 5.07. The molecule has 2 N–H and O–H groups in total. The van der Waals surface area contributed by atoms with Crippen LogP contribution in [0.2, 0.25) is 5.02 Å². The van der Waals surface area contributed by atoms with Crippen LogP contribution in [0.15, 0.2) is 12.1 Å². The van der Waals surface area contributed by atoms with Gasteiger partial charge in [-0.3, -0.25) is 9.11 Å². The lowest BCUT2D eigenvalue weighted by Gasteiger charge is -2.11. The number of sulfonamides is 1. The van der Waals surface area contributed by atoms with E-state index in [1.54, 1.807) is 0 Å². The normalized spacial score (nSPS) is 11.3. The van der Waals surface area contributed by atoms with Gasteiger partial charge in [-0.25, -0.2) is 17.6 Å². The number of aromatic carboxylic acids is 1. The average molecular weight is 314 g/mol. The maximum absolute atomic E-state index is 13.8. The van der Waals surface area contributed by atoms with E-state index in [-0.39, 0.29) is 11.4 Å². The Morgan fingerprint density at radius 1 is 1.42 bits per heavy atom. The number of anilines is 1. The first-order valence-corrected chi connectivity index (χ1v) is 7.09. The molecular formula is C10H10ClF2NO4S. The molecule has 0 aromatic heterocycles. The zero-order chi connectivity index (χ0) is 14.6. The fraction of sp³-hybridized carbons (Fsp3) is 0.300. The summed E-state index contributed by atoms with van der Waals surface area (Å²) in [4.78, 5) is 10.7. The molecule has 9 heteroatoms. The third-order valence-electron chi connectivity index (χ3n) is 2.13. The molecule has 5 nitrogen and oxygen atoms in total. The molecule has 0 heterocycles. The zero-order valence-corrected chi connectivity index (χ0v) is 11.1. The summed E-state index contributed by atoms with van der Waals surface area (Å²) in [5.41, 5.74) is -1.37. The summed E-state index contributed by atoms with van der Waals surface area (Å²) in [6.45, 7) is -0.841. The van der Waals surface area contributed by atoms with Crippen molar-refractivity contribution in [2.24, 2.45) is 0 Å². The summed E-state index contributed by atoms with van der Waals surface area (Å²) < 4.78 is 50.5. The molecule has 0 saturated carbocycles. The summed E-state index contributed by atoms with van der Waals surface area (Å²) in [5.74, 6) is -3.40. The molecule has 0 aliphatic rings. The van der Waals surface area contributed by atoms with Gasteiger partial charge < -0.3 is 5.11 Å². The first-order chi connectivity index (χ1) is 8.78. The van der Waals surface area contributed by atoms with Gasteiger partial charge in [0, 0.05) is 0 Å². The van der Waals surface area contributed by atoms with Crippen LogP contribution in [0.25, 0.3) is 0 Å². The number of hydrogen-bond acceptors (Lipinski definition) is 3. The van der Waals surface area contributed by atoms with Gasteiger partial charge in [0.2, 0.25) is 10.0 Å². The second kappa shape index (κ2) is 6.16. The Labute approximate surface area is 113 Å². The minimum atomic E-state index is -3.99. The molecule has 1 aromatic carbocycles. The van der Waals surface area contributed by atoms with Crippen molar-refractivity contribution in [3.8, 4) is 0 Å². The zero-order valence-electron chi connectivity index (χ0n) is 9.49. The van der Waals surface area contributed by atoms with Gasteiger partial charge in [-0.15, -0.1) is 0 Å². The van der Waals surface area contributed by atoms with Crippen LogP contribution < -0.4 is 4.72 Å². The maximum Gasteiger partial charge on any atom is 0.338 e. The Bertz CT molecular complexity index is 591. The van der Waals surface area contributed by atoms with Gasteiger partial charge in [0.15, 0.2) is 5.82 Å². The third-order valence-corrected chi connectivity index (χ3v) is 3.78. The summed E-state index contributed by atoms with van der Waals surface area (Å²) in [6, 6.07) is 1.97. The van der Waals surface area contributed by atoms with Gasteiger partial charge >= 0.3 is 5.97 Å². The summed E-state index contributed by atoms with van der Waals surface area (Å²) in [6.07, 6.45) is -0.257. The van der Waals surface area contributed by atoms with Gasteiger partial charge in [-0.05, 0) is 18.6 Å². The van der Waals surface area contributed by atoms with Crippen LogP contribution >= 0.6 is 11.6 Å². The fourth-order valence-corrected chi connectivity index (χ4v) is 2.61. The van der Waals surface area contributed by atoms with Gasteiger partial charge in [-0.1, -0.05) is 11.6 Å². The number of rotatable bonds is 6. The quantitative estimate of drug-likeness (QED) is 0.844. The number of benzene rings is 1. The molecule has 0 aliphatic carbocycles. The van der Waals surface area contributed by atoms with Crippen LogP contribution in [-0.2, 0) is 10.0 Å². The van der Waals surface area contributed by atoms with E-state index < -0.39 is 45.5 Å². The molecule has 0 atom stereocenters. The number of alkyl halides is 1. The Hall–Kier alpha value is -1.41. The van der Waals surface area contributed by atoms with Crippen molar-refractivity contribution < 1.29 is 27.1 Å². The molecule has 106 valence electrons. The lowest BCUT2D eigenvalue weighted by Crippen LogP contribution is -2.19. The first kappa shape index (κ1) is 15.6. The van der Waals surface area contributed by atoms with Crippen molar-refractivity contribution in [2.45, 2.75) is 6.42 Å². The number of carboxylic acid groups (broad SMARTS) is 1. The van der Waals surface area contributed by atoms with E-state index >= 15 is 0 Å². The lowest BCUT2D eigenvalue weighted by atomic mass is 10.2. The minimum absolute atomic E-state index is 0.257. The van der Waals surface area contributed by atoms with Gasteiger partial charge in [0.25, 0.3) is 0 Å². The van der Waals surface area contributed by atoms with Crippen LogP contribution in [0, 0.1) is 5.82 Å². The van der Waals surface area contributed by atoms with Gasteiger partial charge in [-0.2, -0.15) is 0 Å². The van der Waals surface area contributed by atoms with Crippen LogP contribution in [-0.4, -0.2) is 31.9 Å². The molecule has 0 radical (unpaired) electrons. The van der Waals surface area contributed by atoms with Crippen molar-refractivity contribution >= 4 is 33.3 Å². The lowest BCUT2D eigenvalue weighted by molar-refractivity contribution is 0.0692. The molecule has 1 rings (SSSR count).